The molecule has 0 aliphatic carbocycles. The van der Waals surface area contributed by atoms with Gasteiger partial charge in [-0.2, -0.15) is 5.10 Å². The number of benzene rings is 2. The number of aryl methyl sites for hydroxylation is 1. The van der Waals surface area contributed by atoms with Gasteiger partial charge in [-0.25, -0.2) is 9.78 Å². The number of H-pyrrole nitrogens is 1. The minimum absolute atomic E-state index is 0.160. The zero-order valence-electron chi connectivity index (χ0n) is 14.5. The van der Waals surface area contributed by atoms with Gasteiger partial charge in [0.15, 0.2) is 5.65 Å². The highest BCUT2D eigenvalue weighted by Crippen LogP contribution is 2.32. The monoisotopic (exact) mass is 377 g/mol. The number of carboxylic acid groups (broad SMARTS) is 1. The lowest BCUT2D eigenvalue weighted by atomic mass is 10.0. The second-order valence-corrected chi connectivity index (χ2v) is 6.65. The molecule has 27 heavy (non-hydrogen) atoms. The molecule has 0 saturated carbocycles. The van der Waals surface area contributed by atoms with Crippen LogP contribution in [0.3, 0.4) is 0 Å². The zero-order chi connectivity index (χ0) is 19.0. The van der Waals surface area contributed by atoms with Crippen molar-refractivity contribution in [2.24, 2.45) is 0 Å². The Kier molecular flexibility index (Phi) is 4.38. The topological polar surface area (TPSA) is 78.9 Å². The van der Waals surface area contributed by atoms with Crippen LogP contribution in [0.1, 0.15) is 22.8 Å². The number of rotatable bonds is 4. The molecule has 0 aliphatic heterocycles. The van der Waals surface area contributed by atoms with Crippen LogP contribution < -0.4 is 0 Å². The van der Waals surface area contributed by atoms with Crippen LogP contribution in [-0.4, -0.2) is 26.3 Å². The van der Waals surface area contributed by atoms with Gasteiger partial charge >= 0.3 is 5.97 Å². The van der Waals surface area contributed by atoms with Crippen molar-refractivity contribution in [2.75, 3.05) is 0 Å². The summed E-state index contributed by atoms with van der Waals surface area (Å²) in [6, 6.07) is 16.7. The molecular formula is C21H16ClN3O2. The molecule has 0 fully saturated rings. The Bertz CT molecular complexity index is 1130. The Morgan fingerprint density at radius 3 is 2.37 bits per heavy atom. The summed E-state index contributed by atoms with van der Waals surface area (Å²) in [6.45, 7) is 2.09. The van der Waals surface area contributed by atoms with Gasteiger partial charge in [-0.15, -0.1) is 0 Å². The lowest BCUT2D eigenvalue weighted by molar-refractivity contribution is 0.0699. The van der Waals surface area contributed by atoms with Crippen LogP contribution in [-0.2, 0) is 6.42 Å². The van der Waals surface area contributed by atoms with Crippen molar-refractivity contribution in [1.29, 1.82) is 0 Å². The number of aromatic nitrogens is 3. The van der Waals surface area contributed by atoms with Gasteiger partial charge in [0.2, 0.25) is 0 Å². The number of carboxylic acids is 1. The Morgan fingerprint density at radius 1 is 1.07 bits per heavy atom. The summed E-state index contributed by atoms with van der Waals surface area (Å²) in [6.07, 6.45) is 0.941. The maximum absolute atomic E-state index is 11.9. The summed E-state index contributed by atoms with van der Waals surface area (Å²) in [4.78, 5) is 16.5. The first-order chi connectivity index (χ1) is 13.1. The van der Waals surface area contributed by atoms with E-state index in [1.54, 1.807) is 18.2 Å². The zero-order valence-corrected chi connectivity index (χ0v) is 15.3. The van der Waals surface area contributed by atoms with Gasteiger partial charge in [0.1, 0.15) is 0 Å². The fraction of sp³-hybridized carbons (Fsp3) is 0.0952. The molecule has 4 rings (SSSR count). The number of aromatic amines is 1. The minimum atomic E-state index is -1.02. The molecule has 0 spiro atoms. The Morgan fingerprint density at radius 2 is 1.74 bits per heavy atom. The average Bonchev–Trinajstić information content (AvgIpc) is 3.12. The molecule has 2 aromatic carbocycles. The van der Waals surface area contributed by atoms with Gasteiger partial charge in [-0.1, -0.05) is 54.9 Å². The fourth-order valence-corrected chi connectivity index (χ4v) is 3.20. The van der Waals surface area contributed by atoms with E-state index >= 15 is 0 Å². The summed E-state index contributed by atoms with van der Waals surface area (Å²) < 4.78 is 0. The second-order valence-electron chi connectivity index (χ2n) is 6.21. The van der Waals surface area contributed by atoms with Crippen molar-refractivity contribution >= 4 is 28.6 Å². The van der Waals surface area contributed by atoms with Gasteiger partial charge in [0, 0.05) is 16.1 Å². The van der Waals surface area contributed by atoms with Crippen LogP contribution in [0.4, 0.5) is 0 Å². The highest BCUT2D eigenvalue weighted by atomic mass is 35.5. The van der Waals surface area contributed by atoms with Crippen molar-refractivity contribution in [3.63, 3.8) is 0 Å². The molecule has 0 aliphatic rings. The molecule has 0 unspecified atom stereocenters. The van der Waals surface area contributed by atoms with E-state index in [1.807, 2.05) is 36.4 Å². The Hall–Kier alpha value is -3.18. The number of halogens is 1. The predicted octanol–water partition coefficient (Wildman–Crippen LogP) is 5.21. The highest BCUT2D eigenvalue weighted by molar-refractivity contribution is 6.30. The molecule has 0 bridgehead atoms. The molecule has 2 N–H and O–H groups in total. The van der Waals surface area contributed by atoms with Crippen molar-refractivity contribution in [1.82, 2.24) is 15.2 Å². The quantitative estimate of drug-likeness (QED) is 0.512. The van der Waals surface area contributed by atoms with E-state index in [2.05, 4.69) is 22.1 Å². The number of nitrogens with one attached hydrogen (secondary N) is 1. The molecule has 0 atom stereocenters. The van der Waals surface area contributed by atoms with Crippen LogP contribution in [0, 0.1) is 0 Å². The SMILES string of the molecule is CCc1ccc(-c2cc(C(=O)O)c3c(-c4ccc(Cl)cc4)[nH]nc3n2)cc1. The van der Waals surface area contributed by atoms with Crippen LogP contribution in [0.15, 0.2) is 54.6 Å². The maximum Gasteiger partial charge on any atom is 0.336 e. The molecule has 4 aromatic rings. The normalized spacial score (nSPS) is 11.0. The first kappa shape index (κ1) is 17.2. The van der Waals surface area contributed by atoms with Gasteiger partial charge < -0.3 is 5.11 Å². The predicted molar refractivity (Wildman–Crippen MR) is 106 cm³/mol. The lowest BCUT2D eigenvalue weighted by Crippen LogP contribution is -2.00. The molecular weight excluding hydrogens is 362 g/mol. The van der Waals surface area contributed by atoms with E-state index in [1.165, 1.54) is 5.56 Å². The molecule has 134 valence electrons. The average molecular weight is 378 g/mol. The molecule has 0 saturated heterocycles. The standard InChI is InChI=1S/C21H16ClN3O2/c1-2-12-3-5-13(6-4-12)17-11-16(21(26)27)18-19(24-25-20(18)23-17)14-7-9-15(22)10-8-14/h3-11H,2H2,1H3,(H,26,27)(H,23,24,25). The van der Waals surface area contributed by atoms with Crippen molar-refractivity contribution in [2.45, 2.75) is 13.3 Å². The Labute approximate surface area is 160 Å². The van der Waals surface area contributed by atoms with Crippen molar-refractivity contribution in [3.8, 4) is 22.5 Å². The summed E-state index contributed by atoms with van der Waals surface area (Å²) in [7, 11) is 0. The van der Waals surface area contributed by atoms with Gasteiger partial charge in [-0.05, 0) is 30.2 Å². The second kappa shape index (κ2) is 6.85. The highest BCUT2D eigenvalue weighted by Gasteiger charge is 2.19. The molecule has 0 radical (unpaired) electrons. The van der Waals surface area contributed by atoms with E-state index in [4.69, 9.17) is 11.6 Å². The number of hydrogen-bond acceptors (Lipinski definition) is 3. The lowest BCUT2D eigenvalue weighted by Gasteiger charge is -2.06. The van der Waals surface area contributed by atoms with Crippen LogP contribution in [0.25, 0.3) is 33.5 Å². The van der Waals surface area contributed by atoms with E-state index < -0.39 is 5.97 Å². The minimum Gasteiger partial charge on any atom is -0.478 e. The van der Waals surface area contributed by atoms with E-state index in [0.717, 1.165) is 17.5 Å². The summed E-state index contributed by atoms with van der Waals surface area (Å²) in [5.74, 6) is -1.02. The van der Waals surface area contributed by atoms with Crippen LogP contribution >= 0.6 is 11.6 Å². The smallest absolute Gasteiger partial charge is 0.336 e. The molecule has 2 heterocycles. The van der Waals surface area contributed by atoms with Gasteiger partial charge in [0.25, 0.3) is 0 Å². The third-order valence-corrected chi connectivity index (χ3v) is 4.80. The number of hydrogen-bond donors (Lipinski definition) is 2. The fourth-order valence-electron chi connectivity index (χ4n) is 3.08. The van der Waals surface area contributed by atoms with Crippen LogP contribution in [0.2, 0.25) is 5.02 Å². The van der Waals surface area contributed by atoms with E-state index in [9.17, 15) is 9.90 Å². The van der Waals surface area contributed by atoms with Gasteiger partial charge in [-0.3, -0.25) is 5.10 Å². The first-order valence-electron chi connectivity index (χ1n) is 8.54. The number of carbonyl (C=O) groups is 1. The van der Waals surface area contributed by atoms with Crippen molar-refractivity contribution < 1.29 is 9.90 Å². The van der Waals surface area contributed by atoms with Crippen LogP contribution in [0.5, 0.6) is 0 Å². The molecule has 0 amide bonds. The molecule has 5 nitrogen and oxygen atoms in total. The largest absolute Gasteiger partial charge is 0.478 e. The summed E-state index contributed by atoms with van der Waals surface area (Å²) >= 11 is 5.95. The maximum atomic E-state index is 11.9. The molecule has 6 heteroatoms. The first-order valence-corrected chi connectivity index (χ1v) is 8.92. The number of nitrogens with zero attached hydrogens (tertiary/aromatic N) is 2. The molecule has 2 aromatic heterocycles. The number of pyridine rings is 1. The summed E-state index contributed by atoms with van der Waals surface area (Å²) in [5.41, 5.74) is 4.58. The summed E-state index contributed by atoms with van der Waals surface area (Å²) in [5, 5.41) is 18.0. The third-order valence-electron chi connectivity index (χ3n) is 4.55. The number of fused-ring (bicyclic) bond motifs is 1. The van der Waals surface area contributed by atoms with Gasteiger partial charge in [0.05, 0.1) is 22.3 Å². The number of aromatic carboxylic acids is 1. The van der Waals surface area contributed by atoms with Crippen molar-refractivity contribution in [3.05, 3.63) is 70.7 Å². The van der Waals surface area contributed by atoms with E-state index in [0.29, 0.717) is 27.4 Å². The van der Waals surface area contributed by atoms with E-state index in [-0.39, 0.29) is 5.56 Å². The third kappa shape index (κ3) is 3.17. The Balaban J connectivity index is 1.90.